The summed E-state index contributed by atoms with van der Waals surface area (Å²) in [5, 5.41) is 10.0. The lowest BCUT2D eigenvalue weighted by atomic mass is 9.69. The molecule has 0 radical (unpaired) electrons. The monoisotopic (exact) mass is 194 g/mol. The highest BCUT2D eigenvalue weighted by atomic mass is 16.3. The maximum Gasteiger partial charge on any atom is 0.107 e. The molecule has 1 aliphatic rings. The van der Waals surface area contributed by atoms with Gasteiger partial charge >= 0.3 is 0 Å². The van der Waals surface area contributed by atoms with E-state index in [9.17, 15) is 5.11 Å². The van der Waals surface area contributed by atoms with Gasteiger partial charge in [0.15, 0.2) is 0 Å². The Balaban J connectivity index is 2.41. The van der Waals surface area contributed by atoms with Gasteiger partial charge in [-0.05, 0) is 23.5 Å². The number of fused-ring (bicyclic) bond motifs is 1. The summed E-state index contributed by atoms with van der Waals surface area (Å²) < 4.78 is 5.42. The fourth-order valence-electron chi connectivity index (χ4n) is 2.53. The highest BCUT2D eigenvalue weighted by Gasteiger charge is 2.37. The Morgan fingerprint density at radius 3 is 2.79 bits per heavy atom. The van der Waals surface area contributed by atoms with Crippen molar-refractivity contribution in [3.05, 3.63) is 23.7 Å². The van der Waals surface area contributed by atoms with Crippen LogP contribution in [0.25, 0.3) is 0 Å². The van der Waals surface area contributed by atoms with Crippen LogP contribution in [0.5, 0.6) is 0 Å². The van der Waals surface area contributed by atoms with Crippen LogP contribution in [0.2, 0.25) is 0 Å². The van der Waals surface area contributed by atoms with E-state index in [1.807, 2.05) is 6.07 Å². The summed E-state index contributed by atoms with van der Waals surface area (Å²) in [6.07, 6.45) is 3.21. The molecule has 14 heavy (non-hydrogen) atoms. The van der Waals surface area contributed by atoms with Crippen LogP contribution < -0.4 is 0 Å². The summed E-state index contributed by atoms with van der Waals surface area (Å²) in [6.45, 7) is 6.51. The van der Waals surface area contributed by atoms with Crippen LogP contribution in [0.15, 0.2) is 16.7 Å². The summed E-state index contributed by atoms with van der Waals surface area (Å²) >= 11 is 0. The van der Waals surface area contributed by atoms with E-state index in [2.05, 4.69) is 20.8 Å². The first-order valence-electron chi connectivity index (χ1n) is 5.24. The van der Waals surface area contributed by atoms with Crippen molar-refractivity contribution in [3.8, 4) is 0 Å². The lowest BCUT2D eigenvalue weighted by Crippen LogP contribution is -2.33. The predicted molar refractivity (Wildman–Crippen MR) is 55.2 cm³/mol. The maximum absolute atomic E-state index is 10.0. The number of hydrogen-bond acceptors (Lipinski definition) is 2. The Hall–Kier alpha value is -0.760. The van der Waals surface area contributed by atoms with E-state index < -0.39 is 0 Å². The van der Waals surface area contributed by atoms with Gasteiger partial charge < -0.3 is 9.52 Å². The zero-order valence-corrected chi connectivity index (χ0v) is 9.08. The van der Waals surface area contributed by atoms with Gasteiger partial charge in [0.1, 0.15) is 5.76 Å². The lowest BCUT2D eigenvalue weighted by molar-refractivity contribution is 0.0714. The Morgan fingerprint density at radius 2 is 2.14 bits per heavy atom. The van der Waals surface area contributed by atoms with Crippen molar-refractivity contribution in [2.24, 2.45) is 5.41 Å². The summed E-state index contributed by atoms with van der Waals surface area (Å²) in [6, 6.07) is 2.01. The molecule has 1 aromatic rings. The third-order valence-electron chi connectivity index (χ3n) is 3.10. The first-order chi connectivity index (χ1) is 6.50. The minimum absolute atomic E-state index is 0.0957. The molecule has 0 unspecified atom stereocenters. The Morgan fingerprint density at radius 1 is 1.43 bits per heavy atom. The normalized spacial score (nSPS) is 27.4. The number of rotatable bonds is 0. The maximum atomic E-state index is 10.0. The van der Waals surface area contributed by atoms with Crippen molar-refractivity contribution in [1.29, 1.82) is 0 Å². The van der Waals surface area contributed by atoms with E-state index in [1.54, 1.807) is 6.26 Å². The van der Waals surface area contributed by atoms with Gasteiger partial charge in [0.2, 0.25) is 0 Å². The average Bonchev–Trinajstić information content (AvgIpc) is 2.48. The van der Waals surface area contributed by atoms with Crippen LogP contribution in [0.4, 0.5) is 0 Å². The molecule has 1 heterocycles. The van der Waals surface area contributed by atoms with E-state index in [0.717, 1.165) is 18.6 Å². The molecule has 0 bridgehead atoms. The predicted octanol–water partition coefficient (Wildman–Crippen LogP) is 2.72. The first kappa shape index (κ1) is 9.78. The van der Waals surface area contributed by atoms with Gasteiger partial charge in [-0.3, -0.25) is 0 Å². The molecule has 0 aliphatic heterocycles. The number of furan rings is 1. The number of aliphatic hydroxyl groups excluding tert-OH is 1. The SMILES string of the molecule is CC(C)(C)[C@H]1c2ccoc2CC[C@@H]1O. The molecule has 2 rings (SSSR count). The van der Waals surface area contributed by atoms with Crippen LogP contribution in [0, 0.1) is 5.41 Å². The molecular weight excluding hydrogens is 176 g/mol. The highest BCUT2D eigenvalue weighted by molar-refractivity contribution is 5.28. The van der Waals surface area contributed by atoms with Crippen LogP contribution in [-0.4, -0.2) is 11.2 Å². The van der Waals surface area contributed by atoms with E-state index in [0.29, 0.717) is 0 Å². The minimum atomic E-state index is -0.222. The van der Waals surface area contributed by atoms with Gasteiger partial charge in [-0.25, -0.2) is 0 Å². The van der Waals surface area contributed by atoms with Gasteiger partial charge in [0.25, 0.3) is 0 Å². The summed E-state index contributed by atoms with van der Waals surface area (Å²) in [5.41, 5.74) is 1.30. The number of aryl methyl sites for hydroxylation is 1. The van der Waals surface area contributed by atoms with Crippen LogP contribution >= 0.6 is 0 Å². The zero-order valence-electron chi connectivity index (χ0n) is 9.08. The largest absolute Gasteiger partial charge is 0.469 e. The Kier molecular flexibility index (Phi) is 2.18. The van der Waals surface area contributed by atoms with Gasteiger partial charge in [0, 0.05) is 12.3 Å². The Labute approximate surface area is 84.9 Å². The van der Waals surface area contributed by atoms with Crippen molar-refractivity contribution in [2.45, 2.75) is 45.6 Å². The molecular formula is C12H18O2. The molecule has 0 saturated heterocycles. The van der Waals surface area contributed by atoms with Gasteiger partial charge in [-0.1, -0.05) is 20.8 Å². The van der Waals surface area contributed by atoms with Crippen LogP contribution in [0.3, 0.4) is 0 Å². The fraction of sp³-hybridized carbons (Fsp3) is 0.667. The van der Waals surface area contributed by atoms with Gasteiger partial charge in [-0.2, -0.15) is 0 Å². The second kappa shape index (κ2) is 3.13. The van der Waals surface area contributed by atoms with Crippen LogP contribution in [0.1, 0.15) is 44.4 Å². The molecule has 1 N–H and O–H groups in total. The zero-order chi connectivity index (χ0) is 10.3. The molecule has 0 amide bonds. The number of aliphatic hydroxyl groups is 1. The van der Waals surface area contributed by atoms with Crippen molar-refractivity contribution in [1.82, 2.24) is 0 Å². The molecule has 1 aromatic heterocycles. The molecule has 0 fully saturated rings. The van der Waals surface area contributed by atoms with Crippen molar-refractivity contribution in [2.75, 3.05) is 0 Å². The summed E-state index contributed by atoms with van der Waals surface area (Å²) in [4.78, 5) is 0. The molecule has 2 heteroatoms. The van der Waals surface area contributed by atoms with Crippen molar-refractivity contribution < 1.29 is 9.52 Å². The molecule has 1 aliphatic carbocycles. The highest BCUT2D eigenvalue weighted by Crippen LogP contribution is 2.43. The van der Waals surface area contributed by atoms with E-state index >= 15 is 0 Å². The average molecular weight is 194 g/mol. The molecule has 0 saturated carbocycles. The van der Waals surface area contributed by atoms with Gasteiger partial charge in [0.05, 0.1) is 12.4 Å². The topological polar surface area (TPSA) is 33.4 Å². The standard InChI is InChI=1S/C12H18O2/c1-12(2,3)11-8-6-7-14-10(8)5-4-9(11)13/h6-7,9,11,13H,4-5H2,1-3H3/t9-,11-/m0/s1. The van der Waals surface area contributed by atoms with Crippen molar-refractivity contribution >= 4 is 0 Å². The van der Waals surface area contributed by atoms with E-state index in [-0.39, 0.29) is 17.4 Å². The second-order valence-corrected chi connectivity index (χ2v) is 5.25. The molecule has 2 atom stereocenters. The molecule has 78 valence electrons. The minimum Gasteiger partial charge on any atom is -0.469 e. The molecule has 0 aromatic carbocycles. The first-order valence-corrected chi connectivity index (χ1v) is 5.24. The van der Waals surface area contributed by atoms with Crippen molar-refractivity contribution in [3.63, 3.8) is 0 Å². The van der Waals surface area contributed by atoms with E-state index in [1.165, 1.54) is 5.56 Å². The summed E-state index contributed by atoms with van der Waals surface area (Å²) in [5.74, 6) is 1.28. The lowest BCUT2D eigenvalue weighted by Gasteiger charge is -2.37. The third-order valence-corrected chi connectivity index (χ3v) is 3.10. The molecule has 2 nitrogen and oxygen atoms in total. The van der Waals surface area contributed by atoms with E-state index in [4.69, 9.17) is 4.42 Å². The summed E-state index contributed by atoms with van der Waals surface area (Å²) in [7, 11) is 0. The fourth-order valence-corrected chi connectivity index (χ4v) is 2.53. The van der Waals surface area contributed by atoms with Gasteiger partial charge in [-0.15, -0.1) is 0 Å². The second-order valence-electron chi connectivity index (χ2n) is 5.25. The molecule has 0 spiro atoms. The quantitative estimate of drug-likeness (QED) is 0.689. The number of hydrogen-bond donors (Lipinski definition) is 1. The Bertz CT molecular complexity index is 319. The smallest absolute Gasteiger partial charge is 0.107 e. The third kappa shape index (κ3) is 1.48. The van der Waals surface area contributed by atoms with Crippen LogP contribution in [-0.2, 0) is 6.42 Å².